The molecule has 9 heteroatoms. The van der Waals surface area contributed by atoms with Gasteiger partial charge in [0.1, 0.15) is 11.8 Å². The molecule has 4 rings (SSSR count). The lowest BCUT2D eigenvalue weighted by Crippen LogP contribution is -2.30. The van der Waals surface area contributed by atoms with E-state index in [1.165, 1.54) is 0 Å². The fourth-order valence-electron chi connectivity index (χ4n) is 4.08. The van der Waals surface area contributed by atoms with Crippen LogP contribution in [0, 0.1) is 0 Å². The summed E-state index contributed by atoms with van der Waals surface area (Å²) in [4.78, 5) is 40.3. The summed E-state index contributed by atoms with van der Waals surface area (Å²) >= 11 is 0. The Kier molecular flexibility index (Phi) is 8.44. The number of amides is 1. The number of ether oxygens (including phenoxy) is 1. The number of fused-ring (bicyclic) bond motifs is 1. The second kappa shape index (κ2) is 12.1. The van der Waals surface area contributed by atoms with Crippen LogP contribution in [0.5, 0.6) is 5.88 Å². The van der Waals surface area contributed by atoms with E-state index in [0.29, 0.717) is 42.4 Å². The van der Waals surface area contributed by atoms with E-state index in [1.807, 2.05) is 37.3 Å². The Bertz CT molecular complexity index is 1300. The Morgan fingerprint density at radius 2 is 2.03 bits per heavy atom. The fraction of sp³-hybridized carbons (Fsp3) is 0.370. The van der Waals surface area contributed by atoms with Crippen LogP contribution in [0.4, 0.5) is 0 Å². The number of H-pyrrole nitrogens is 1. The van der Waals surface area contributed by atoms with Gasteiger partial charge in [-0.3, -0.25) is 9.59 Å². The Morgan fingerprint density at radius 1 is 1.17 bits per heavy atom. The average molecular weight is 490 g/mol. The Labute approximate surface area is 209 Å². The number of methoxy groups -OCH3 is 1. The van der Waals surface area contributed by atoms with E-state index in [4.69, 9.17) is 9.15 Å². The van der Waals surface area contributed by atoms with Gasteiger partial charge in [-0.2, -0.15) is 0 Å². The van der Waals surface area contributed by atoms with Gasteiger partial charge in [0.05, 0.1) is 37.1 Å². The number of imidazole rings is 1. The predicted octanol–water partition coefficient (Wildman–Crippen LogP) is 4.95. The quantitative estimate of drug-likeness (QED) is 0.255. The number of hydrogen-bond donors (Lipinski definition) is 2. The van der Waals surface area contributed by atoms with Crippen LogP contribution in [0.2, 0.25) is 0 Å². The zero-order valence-electron chi connectivity index (χ0n) is 20.6. The third-order valence-electron chi connectivity index (χ3n) is 6.05. The summed E-state index contributed by atoms with van der Waals surface area (Å²) in [6, 6.07) is 9.33. The van der Waals surface area contributed by atoms with Gasteiger partial charge in [-0.1, -0.05) is 38.0 Å². The van der Waals surface area contributed by atoms with Crippen LogP contribution in [0.1, 0.15) is 63.1 Å². The number of hydrogen-bond acceptors (Lipinski definition) is 7. The monoisotopic (exact) mass is 489 g/mol. The van der Waals surface area contributed by atoms with E-state index in [9.17, 15) is 9.59 Å². The number of unbranched alkanes of at least 4 members (excludes halogenated alkanes) is 2. The van der Waals surface area contributed by atoms with Crippen LogP contribution in [0.25, 0.3) is 22.2 Å². The van der Waals surface area contributed by atoms with Gasteiger partial charge in [-0.25, -0.2) is 15.0 Å². The number of ketones is 1. The minimum absolute atomic E-state index is 0.157. The number of benzene rings is 1. The van der Waals surface area contributed by atoms with E-state index < -0.39 is 6.04 Å². The van der Waals surface area contributed by atoms with Crippen molar-refractivity contribution in [3.8, 4) is 17.2 Å². The molecule has 0 radical (unpaired) electrons. The number of carbonyl (C=O) groups excluding carboxylic acids is 2. The van der Waals surface area contributed by atoms with E-state index in [-0.39, 0.29) is 18.1 Å². The molecule has 0 aliphatic carbocycles. The summed E-state index contributed by atoms with van der Waals surface area (Å²) in [5.41, 5.74) is 2.24. The van der Waals surface area contributed by atoms with Crippen molar-refractivity contribution in [1.82, 2.24) is 25.3 Å². The van der Waals surface area contributed by atoms with E-state index in [1.54, 1.807) is 25.8 Å². The Balaban J connectivity index is 1.52. The molecule has 4 aromatic rings. The molecular weight excluding hydrogens is 458 g/mol. The molecule has 0 saturated heterocycles. The number of aromatic nitrogens is 4. The number of nitrogens with zero attached hydrogens (tertiary/aromatic N) is 3. The summed E-state index contributed by atoms with van der Waals surface area (Å²) in [5, 5.41) is 4.00. The number of para-hydroxylation sites is 1. The van der Waals surface area contributed by atoms with E-state index in [2.05, 4.69) is 25.3 Å². The molecule has 3 aromatic heterocycles. The molecule has 0 aliphatic rings. The molecule has 0 bridgehead atoms. The number of rotatable bonds is 13. The second-order valence-electron chi connectivity index (χ2n) is 8.67. The van der Waals surface area contributed by atoms with Gasteiger partial charge in [0, 0.05) is 30.1 Å². The number of carbonyl (C=O) groups is 2. The number of pyridine rings is 1. The van der Waals surface area contributed by atoms with Gasteiger partial charge < -0.3 is 19.5 Å². The number of nitrogens with one attached hydrogen (secondary N) is 2. The van der Waals surface area contributed by atoms with Gasteiger partial charge in [0.2, 0.25) is 17.7 Å². The summed E-state index contributed by atoms with van der Waals surface area (Å²) in [6.45, 7) is 1.88. The molecule has 1 aromatic carbocycles. The highest BCUT2D eigenvalue weighted by atomic mass is 16.5. The Morgan fingerprint density at radius 3 is 2.81 bits per heavy atom. The van der Waals surface area contributed by atoms with Gasteiger partial charge in [-0.05, 0) is 25.0 Å². The van der Waals surface area contributed by atoms with Crippen LogP contribution >= 0.6 is 0 Å². The van der Waals surface area contributed by atoms with Crippen LogP contribution in [0.15, 0.2) is 53.5 Å². The molecule has 0 spiro atoms. The summed E-state index contributed by atoms with van der Waals surface area (Å²) in [5.74, 6) is 1.49. The molecule has 0 saturated carbocycles. The molecule has 0 aliphatic heterocycles. The fourth-order valence-corrected chi connectivity index (χ4v) is 4.08. The van der Waals surface area contributed by atoms with Crippen molar-refractivity contribution in [1.29, 1.82) is 0 Å². The van der Waals surface area contributed by atoms with Crippen LogP contribution in [-0.4, -0.2) is 38.7 Å². The van der Waals surface area contributed by atoms with Gasteiger partial charge in [0.25, 0.3) is 0 Å². The maximum absolute atomic E-state index is 12.7. The van der Waals surface area contributed by atoms with Gasteiger partial charge in [0.15, 0.2) is 5.76 Å². The van der Waals surface area contributed by atoms with Crippen LogP contribution in [-0.2, 0) is 16.0 Å². The van der Waals surface area contributed by atoms with Crippen molar-refractivity contribution in [2.75, 3.05) is 7.11 Å². The predicted molar refractivity (Wildman–Crippen MR) is 135 cm³/mol. The SMILES string of the molecule is CCC(=O)CCCCC[C@H](NC(=O)Cc1cnc[nH]1)c1ncc(-c2cc3ccccc3nc2OC)o1. The molecular formula is C27H31N5O4. The normalized spacial score (nSPS) is 11.9. The second-order valence-corrected chi connectivity index (χ2v) is 8.67. The summed E-state index contributed by atoms with van der Waals surface area (Å²) in [7, 11) is 1.57. The highest BCUT2D eigenvalue weighted by molar-refractivity contribution is 5.85. The first-order valence-electron chi connectivity index (χ1n) is 12.3. The van der Waals surface area contributed by atoms with Gasteiger partial charge in [-0.15, -0.1) is 0 Å². The zero-order chi connectivity index (χ0) is 25.3. The van der Waals surface area contributed by atoms with E-state index >= 15 is 0 Å². The lowest BCUT2D eigenvalue weighted by atomic mass is 10.0. The minimum atomic E-state index is -0.407. The summed E-state index contributed by atoms with van der Waals surface area (Å²) < 4.78 is 11.7. The maximum Gasteiger partial charge on any atom is 0.226 e. The first-order valence-corrected chi connectivity index (χ1v) is 12.3. The van der Waals surface area contributed by atoms with Gasteiger partial charge >= 0.3 is 0 Å². The molecule has 1 amide bonds. The third kappa shape index (κ3) is 6.35. The van der Waals surface area contributed by atoms with Crippen molar-refractivity contribution in [2.45, 2.75) is 57.9 Å². The molecule has 2 N–H and O–H groups in total. The molecule has 0 unspecified atom stereocenters. The average Bonchev–Trinajstić information content (AvgIpc) is 3.59. The lowest BCUT2D eigenvalue weighted by molar-refractivity contribution is -0.121. The maximum atomic E-state index is 12.7. The minimum Gasteiger partial charge on any atom is -0.480 e. The molecule has 9 nitrogen and oxygen atoms in total. The highest BCUT2D eigenvalue weighted by Gasteiger charge is 2.22. The number of oxazole rings is 1. The van der Waals surface area contributed by atoms with Crippen LogP contribution in [0.3, 0.4) is 0 Å². The van der Waals surface area contributed by atoms with Crippen molar-refractivity contribution in [3.05, 3.63) is 60.6 Å². The first kappa shape index (κ1) is 25.1. The van der Waals surface area contributed by atoms with Crippen molar-refractivity contribution < 1.29 is 18.7 Å². The smallest absolute Gasteiger partial charge is 0.226 e. The topological polar surface area (TPSA) is 123 Å². The Hall–Kier alpha value is -4.01. The van der Waals surface area contributed by atoms with Crippen LogP contribution < -0.4 is 10.1 Å². The standard InChI is InChI=1S/C27H31N5O4/c1-3-20(33)10-5-4-6-12-23(31-25(34)14-19-15-28-17-30-19)27-29-16-24(36-27)21-13-18-9-7-8-11-22(18)32-26(21)35-2/h7-9,11,13,15-17,23H,3-6,10,12,14H2,1-2H3,(H,28,30)(H,31,34)/t23-/m0/s1. The molecule has 0 fully saturated rings. The van der Waals surface area contributed by atoms with Crippen molar-refractivity contribution in [2.24, 2.45) is 0 Å². The van der Waals surface area contributed by atoms with Crippen molar-refractivity contribution >= 4 is 22.6 Å². The largest absolute Gasteiger partial charge is 0.480 e. The molecule has 3 heterocycles. The number of aromatic amines is 1. The first-order chi connectivity index (χ1) is 17.6. The molecule has 1 atom stereocenters. The van der Waals surface area contributed by atoms with Crippen molar-refractivity contribution in [3.63, 3.8) is 0 Å². The highest BCUT2D eigenvalue weighted by Crippen LogP contribution is 2.33. The lowest BCUT2D eigenvalue weighted by Gasteiger charge is -2.16. The van der Waals surface area contributed by atoms with E-state index in [0.717, 1.165) is 35.9 Å². The zero-order valence-corrected chi connectivity index (χ0v) is 20.6. The number of Topliss-reactive ketones (excluding diaryl/α,β-unsaturated/α-hetero) is 1. The summed E-state index contributed by atoms with van der Waals surface area (Å²) in [6.07, 6.45) is 9.32. The molecule has 36 heavy (non-hydrogen) atoms. The third-order valence-corrected chi connectivity index (χ3v) is 6.05. The molecule has 188 valence electrons.